The zero-order chi connectivity index (χ0) is 26.5. The Hall–Kier alpha value is -4.52. The third-order valence-corrected chi connectivity index (χ3v) is 6.52. The van der Waals surface area contributed by atoms with Gasteiger partial charge in [-0.1, -0.05) is 54.1 Å². The molecule has 0 saturated heterocycles. The van der Waals surface area contributed by atoms with Crippen molar-refractivity contribution in [2.45, 2.75) is 18.5 Å². The number of nitriles is 1. The average Bonchev–Trinajstić information content (AvgIpc) is 3.47. The highest BCUT2D eigenvalue weighted by atomic mass is 35.5. The smallest absolute Gasteiger partial charge is 0.123 e. The van der Waals surface area contributed by atoms with Gasteiger partial charge in [0, 0.05) is 23.9 Å². The van der Waals surface area contributed by atoms with E-state index in [9.17, 15) is 14.8 Å². The van der Waals surface area contributed by atoms with Crippen LogP contribution in [0.1, 0.15) is 40.9 Å². The monoisotopic (exact) mass is 527 g/mol. The number of nitrogens with one attached hydrogen (secondary N) is 3. The predicted molar refractivity (Wildman–Crippen MR) is 144 cm³/mol. The molecule has 0 radical (unpaired) electrons. The molecule has 3 aromatic carbocycles. The lowest BCUT2D eigenvalue weighted by Crippen LogP contribution is -2.15. The fourth-order valence-corrected chi connectivity index (χ4v) is 4.66. The number of hydrogen-bond acceptors (Lipinski definition) is 7. The number of aromatic nitrogens is 4. The third kappa shape index (κ3) is 5.27. The molecule has 190 valence electrons. The van der Waals surface area contributed by atoms with Crippen molar-refractivity contribution in [1.82, 2.24) is 20.4 Å². The largest absolute Gasteiger partial charge is 0.396 e. The van der Waals surface area contributed by atoms with Crippen molar-refractivity contribution in [1.29, 1.82) is 5.26 Å². The number of benzene rings is 3. The van der Waals surface area contributed by atoms with E-state index in [0.29, 0.717) is 45.0 Å². The van der Waals surface area contributed by atoms with Crippen LogP contribution in [0.5, 0.6) is 0 Å². The molecule has 2 atom stereocenters. The Morgan fingerprint density at radius 3 is 2.50 bits per heavy atom. The summed E-state index contributed by atoms with van der Waals surface area (Å²) in [5, 5.41) is 38.3. The summed E-state index contributed by atoms with van der Waals surface area (Å²) in [6, 6.07) is 20.9. The van der Waals surface area contributed by atoms with E-state index in [1.807, 2.05) is 36.4 Å². The molecule has 0 bridgehead atoms. The highest BCUT2D eigenvalue weighted by Gasteiger charge is 2.21. The zero-order valence-electron chi connectivity index (χ0n) is 20.1. The van der Waals surface area contributed by atoms with Gasteiger partial charge >= 0.3 is 0 Å². The molecule has 4 N–H and O–H groups in total. The fraction of sp³-hybridized carbons (Fsp3) is 0.143. The molecule has 0 fully saturated rings. The van der Waals surface area contributed by atoms with E-state index < -0.39 is 6.04 Å². The number of fused-ring (bicyclic) bond motifs is 1. The van der Waals surface area contributed by atoms with Crippen LogP contribution < -0.4 is 10.6 Å². The molecule has 2 heterocycles. The van der Waals surface area contributed by atoms with Crippen molar-refractivity contribution in [2.75, 3.05) is 17.2 Å². The lowest BCUT2D eigenvalue weighted by atomic mass is 10.0. The van der Waals surface area contributed by atoms with E-state index in [1.54, 1.807) is 24.4 Å². The molecule has 38 heavy (non-hydrogen) atoms. The SMILES string of the molecule is N#Cc1cnc2c(Cl)cc(N[C@@H](c3ccc(F)cc3)c3cn[nH]n3)cc2c1N[C@@H](CCO)c1ccccc1. The topological polar surface area (TPSA) is 123 Å². The molecule has 0 saturated carbocycles. The Morgan fingerprint density at radius 1 is 1.03 bits per heavy atom. The molecule has 10 heteroatoms. The summed E-state index contributed by atoms with van der Waals surface area (Å²) >= 11 is 6.68. The molecule has 0 aliphatic rings. The lowest BCUT2D eigenvalue weighted by molar-refractivity contribution is 0.280. The highest BCUT2D eigenvalue weighted by Crippen LogP contribution is 2.37. The molecule has 0 aliphatic heterocycles. The number of hydrogen-bond donors (Lipinski definition) is 4. The summed E-state index contributed by atoms with van der Waals surface area (Å²) in [5.41, 5.74) is 4.40. The average molecular weight is 528 g/mol. The van der Waals surface area contributed by atoms with Gasteiger partial charge in [0.1, 0.15) is 17.6 Å². The van der Waals surface area contributed by atoms with Crippen molar-refractivity contribution in [2.24, 2.45) is 0 Å². The highest BCUT2D eigenvalue weighted by molar-refractivity contribution is 6.35. The predicted octanol–water partition coefficient (Wildman–Crippen LogP) is 5.75. The number of anilines is 2. The molecule has 0 unspecified atom stereocenters. The quantitative estimate of drug-likeness (QED) is 0.192. The van der Waals surface area contributed by atoms with Crippen LogP contribution in [-0.4, -0.2) is 32.1 Å². The van der Waals surface area contributed by atoms with Gasteiger partial charge in [0.05, 0.1) is 40.1 Å². The minimum Gasteiger partial charge on any atom is -0.396 e. The summed E-state index contributed by atoms with van der Waals surface area (Å²) in [7, 11) is 0. The van der Waals surface area contributed by atoms with Crippen LogP contribution in [0.15, 0.2) is 79.1 Å². The van der Waals surface area contributed by atoms with E-state index in [1.165, 1.54) is 18.3 Å². The number of H-pyrrole nitrogens is 1. The number of aliphatic hydroxyl groups excluding tert-OH is 1. The van der Waals surface area contributed by atoms with Crippen LogP contribution in [0.4, 0.5) is 15.8 Å². The Balaban J connectivity index is 1.59. The maximum Gasteiger partial charge on any atom is 0.123 e. The Bertz CT molecular complexity index is 1570. The van der Waals surface area contributed by atoms with Gasteiger partial charge in [0.15, 0.2) is 0 Å². The van der Waals surface area contributed by atoms with Gasteiger partial charge in [0.25, 0.3) is 0 Å². The summed E-state index contributed by atoms with van der Waals surface area (Å²) in [5.74, 6) is -0.344. The number of halogens is 2. The first kappa shape index (κ1) is 25.1. The third-order valence-electron chi connectivity index (χ3n) is 6.23. The molecular weight excluding hydrogens is 505 g/mol. The Morgan fingerprint density at radius 2 is 1.82 bits per heavy atom. The maximum atomic E-state index is 13.6. The molecular formula is C28H23ClFN7O. The molecule has 0 spiro atoms. The Labute approximate surface area is 223 Å². The first-order chi connectivity index (χ1) is 18.6. The molecule has 0 aliphatic carbocycles. The zero-order valence-corrected chi connectivity index (χ0v) is 20.8. The van der Waals surface area contributed by atoms with E-state index in [2.05, 4.69) is 37.1 Å². The van der Waals surface area contributed by atoms with Gasteiger partial charge < -0.3 is 15.7 Å². The first-order valence-electron chi connectivity index (χ1n) is 11.9. The number of aliphatic hydroxyl groups is 1. The Kier molecular flexibility index (Phi) is 7.45. The minimum absolute atomic E-state index is 0.0396. The summed E-state index contributed by atoms with van der Waals surface area (Å²) in [6.07, 6.45) is 3.51. The standard InChI is InChI=1S/C28H23ClFN7O/c29-23-13-21(34-27(25-16-33-37-36-25)18-6-8-20(30)9-7-18)12-22-26(19(14-31)15-32-28(22)23)35-24(10-11-38)17-4-2-1-3-5-17/h1-9,12-13,15-16,24,27,34,38H,10-11H2,(H,32,35)(H,33,36,37)/t24-,27-/m0/s1. The van der Waals surface area contributed by atoms with Crippen molar-refractivity contribution >= 4 is 33.9 Å². The second-order valence-corrected chi connectivity index (χ2v) is 9.06. The van der Waals surface area contributed by atoms with Crippen LogP contribution in [-0.2, 0) is 0 Å². The van der Waals surface area contributed by atoms with Crippen LogP contribution in [0.25, 0.3) is 10.9 Å². The second-order valence-electron chi connectivity index (χ2n) is 8.66. The fourth-order valence-electron chi connectivity index (χ4n) is 4.39. The normalized spacial score (nSPS) is 12.6. The summed E-state index contributed by atoms with van der Waals surface area (Å²) in [6.45, 7) is -0.0396. The van der Waals surface area contributed by atoms with Gasteiger partial charge in [0.2, 0.25) is 0 Å². The number of aromatic amines is 1. The van der Waals surface area contributed by atoms with Gasteiger partial charge in [-0.3, -0.25) is 4.98 Å². The number of pyridine rings is 1. The van der Waals surface area contributed by atoms with Crippen molar-refractivity contribution in [3.63, 3.8) is 0 Å². The van der Waals surface area contributed by atoms with Crippen LogP contribution >= 0.6 is 11.6 Å². The van der Waals surface area contributed by atoms with Crippen LogP contribution in [0.3, 0.4) is 0 Å². The number of rotatable bonds is 9. The van der Waals surface area contributed by atoms with E-state index in [-0.39, 0.29) is 18.5 Å². The van der Waals surface area contributed by atoms with Crippen molar-refractivity contribution in [3.8, 4) is 6.07 Å². The van der Waals surface area contributed by atoms with E-state index in [4.69, 9.17) is 11.6 Å². The van der Waals surface area contributed by atoms with E-state index in [0.717, 1.165) is 11.1 Å². The summed E-state index contributed by atoms with van der Waals surface area (Å²) in [4.78, 5) is 4.44. The molecule has 5 aromatic rings. The van der Waals surface area contributed by atoms with Gasteiger partial charge in [-0.15, -0.1) is 0 Å². The van der Waals surface area contributed by atoms with Crippen molar-refractivity contribution < 1.29 is 9.50 Å². The lowest BCUT2D eigenvalue weighted by Gasteiger charge is -2.23. The van der Waals surface area contributed by atoms with E-state index >= 15 is 0 Å². The van der Waals surface area contributed by atoms with Gasteiger partial charge in [-0.05, 0) is 41.8 Å². The van der Waals surface area contributed by atoms with Gasteiger partial charge in [-0.2, -0.15) is 20.7 Å². The summed E-state index contributed by atoms with van der Waals surface area (Å²) < 4.78 is 13.6. The van der Waals surface area contributed by atoms with Crippen LogP contribution in [0, 0.1) is 17.1 Å². The number of nitrogens with zero attached hydrogens (tertiary/aromatic N) is 4. The van der Waals surface area contributed by atoms with Crippen LogP contribution in [0.2, 0.25) is 5.02 Å². The molecule has 0 amide bonds. The van der Waals surface area contributed by atoms with Crippen molar-refractivity contribution in [3.05, 3.63) is 112 Å². The molecule has 2 aromatic heterocycles. The van der Waals surface area contributed by atoms with Gasteiger partial charge in [-0.25, -0.2) is 4.39 Å². The minimum atomic E-state index is -0.460. The molecule has 5 rings (SSSR count). The first-order valence-corrected chi connectivity index (χ1v) is 12.3. The second kappa shape index (κ2) is 11.3. The molecule has 8 nitrogen and oxygen atoms in total. The maximum absolute atomic E-state index is 13.6.